The molecular weight excluding hydrogens is 262 g/mol. The topological polar surface area (TPSA) is 47.0 Å². The first-order valence-corrected chi connectivity index (χ1v) is 7.40. The quantitative estimate of drug-likeness (QED) is 0.916. The highest BCUT2D eigenvalue weighted by Gasteiger charge is 2.21. The second kappa shape index (κ2) is 5.82. The van der Waals surface area contributed by atoms with Crippen molar-refractivity contribution in [2.45, 2.75) is 39.3 Å². The molecule has 2 aromatic rings. The van der Waals surface area contributed by atoms with Gasteiger partial charge in [-0.1, -0.05) is 12.1 Å². The van der Waals surface area contributed by atoms with Crippen molar-refractivity contribution in [3.63, 3.8) is 0 Å². The zero-order valence-corrected chi connectivity index (χ0v) is 12.8. The van der Waals surface area contributed by atoms with Crippen LogP contribution in [0.15, 0.2) is 24.3 Å². The molecule has 21 heavy (non-hydrogen) atoms. The summed E-state index contributed by atoms with van der Waals surface area (Å²) < 4.78 is 5.40. The fraction of sp³-hybridized carbons (Fsp3) is 0.412. The first-order chi connectivity index (χ1) is 10.2. The SMILES string of the molecule is COc1ccccc1-c1nc(C)c(CNC2CC2)c(C)n1. The fourth-order valence-electron chi connectivity index (χ4n) is 2.48. The summed E-state index contributed by atoms with van der Waals surface area (Å²) in [5.41, 5.74) is 4.22. The van der Waals surface area contributed by atoms with Gasteiger partial charge in [0.2, 0.25) is 0 Å². The number of hydrogen-bond donors (Lipinski definition) is 1. The van der Waals surface area contributed by atoms with E-state index in [2.05, 4.69) is 29.1 Å². The van der Waals surface area contributed by atoms with Crippen LogP contribution >= 0.6 is 0 Å². The van der Waals surface area contributed by atoms with Crippen molar-refractivity contribution in [1.29, 1.82) is 0 Å². The van der Waals surface area contributed by atoms with Gasteiger partial charge in [-0.3, -0.25) is 0 Å². The molecule has 1 aromatic heterocycles. The lowest BCUT2D eigenvalue weighted by molar-refractivity contribution is 0.416. The van der Waals surface area contributed by atoms with E-state index in [9.17, 15) is 0 Å². The summed E-state index contributed by atoms with van der Waals surface area (Å²) in [4.78, 5) is 9.36. The maximum Gasteiger partial charge on any atom is 0.163 e. The third-order valence-electron chi connectivity index (χ3n) is 3.91. The van der Waals surface area contributed by atoms with Gasteiger partial charge in [-0.2, -0.15) is 0 Å². The Morgan fingerprint density at radius 2 is 1.81 bits per heavy atom. The van der Waals surface area contributed by atoms with Gasteiger partial charge in [-0.25, -0.2) is 9.97 Å². The minimum atomic E-state index is 0.692. The van der Waals surface area contributed by atoms with Crippen LogP contribution in [0, 0.1) is 13.8 Å². The van der Waals surface area contributed by atoms with Gasteiger partial charge in [0.05, 0.1) is 12.7 Å². The molecule has 110 valence electrons. The number of para-hydroxylation sites is 1. The molecule has 0 atom stereocenters. The number of rotatable bonds is 5. The molecule has 1 N–H and O–H groups in total. The Hall–Kier alpha value is -1.94. The molecule has 0 bridgehead atoms. The molecule has 1 aliphatic carbocycles. The summed E-state index contributed by atoms with van der Waals surface area (Å²) >= 11 is 0. The van der Waals surface area contributed by atoms with Crippen molar-refractivity contribution >= 4 is 0 Å². The molecular formula is C17H21N3O. The summed E-state index contributed by atoms with van der Waals surface area (Å²) in [6.45, 7) is 4.96. The number of aryl methyl sites for hydroxylation is 2. The van der Waals surface area contributed by atoms with Gasteiger partial charge in [0, 0.05) is 29.5 Å². The number of ether oxygens (including phenoxy) is 1. The summed E-state index contributed by atoms with van der Waals surface area (Å²) in [5, 5.41) is 3.53. The van der Waals surface area contributed by atoms with Crippen molar-refractivity contribution in [3.8, 4) is 17.1 Å². The van der Waals surface area contributed by atoms with Gasteiger partial charge in [-0.15, -0.1) is 0 Å². The molecule has 0 spiro atoms. The predicted molar refractivity (Wildman–Crippen MR) is 83.4 cm³/mol. The lowest BCUT2D eigenvalue weighted by Gasteiger charge is -2.13. The van der Waals surface area contributed by atoms with Crippen molar-refractivity contribution in [1.82, 2.24) is 15.3 Å². The lowest BCUT2D eigenvalue weighted by Crippen LogP contribution is -2.18. The summed E-state index contributed by atoms with van der Waals surface area (Å²) in [7, 11) is 1.67. The molecule has 1 fully saturated rings. The van der Waals surface area contributed by atoms with Crippen LogP contribution in [0.2, 0.25) is 0 Å². The van der Waals surface area contributed by atoms with E-state index < -0.39 is 0 Å². The van der Waals surface area contributed by atoms with E-state index in [1.54, 1.807) is 7.11 Å². The molecule has 0 amide bonds. The predicted octanol–water partition coefficient (Wildman–Crippen LogP) is 3.02. The van der Waals surface area contributed by atoms with Gasteiger partial charge in [0.25, 0.3) is 0 Å². The van der Waals surface area contributed by atoms with E-state index in [0.29, 0.717) is 6.04 Å². The minimum absolute atomic E-state index is 0.692. The zero-order valence-electron chi connectivity index (χ0n) is 12.8. The van der Waals surface area contributed by atoms with Crippen molar-refractivity contribution in [3.05, 3.63) is 41.2 Å². The molecule has 0 radical (unpaired) electrons. The van der Waals surface area contributed by atoms with Gasteiger partial charge >= 0.3 is 0 Å². The molecule has 1 saturated carbocycles. The van der Waals surface area contributed by atoms with Crippen LogP contribution in [0.3, 0.4) is 0 Å². The Bertz CT molecular complexity index is 627. The van der Waals surface area contributed by atoms with Crippen LogP contribution in [0.25, 0.3) is 11.4 Å². The van der Waals surface area contributed by atoms with E-state index in [1.165, 1.54) is 18.4 Å². The second-order valence-electron chi connectivity index (χ2n) is 5.55. The van der Waals surface area contributed by atoms with Crippen molar-refractivity contribution in [2.75, 3.05) is 7.11 Å². The highest BCUT2D eigenvalue weighted by atomic mass is 16.5. The number of hydrogen-bond acceptors (Lipinski definition) is 4. The number of benzene rings is 1. The van der Waals surface area contributed by atoms with Crippen molar-refractivity contribution in [2.24, 2.45) is 0 Å². The first kappa shape index (κ1) is 14.0. The molecule has 1 aliphatic rings. The Morgan fingerprint density at radius 3 is 2.43 bits per heavy atom. The number of nitrogens with zero attached hydrogens (tertiary/aromatic N) is 2. The highest BCUT2D eigenvalue weighted by Crippen LogP contribution is 2.28. The maximum atomic E-state index is 5.40. The van der Waals surface area contributed by atoms with Crippen LogP contribution in [-0.4, -0.2) is 23.1 Å². The fourth-order valence-corrected chi connectivity index (χ4v) is 2.48. The Morgan fingerprint density at radius 1 is 1.14 bits per heavy atom. The van der Waals surface area contributed by atoms with E-state index in [1.807, 2.05) is 24.3 Å². The highest BCUT2D eigenvalue weighted by molar-refractivity contribution is 5.64. The Balaban J connectivity index is 1.93. The van der Waals surface area contributed by atoms with Gasteiger partial charge in [-0.05, 0) is 38.8 Å². The molecule has 0 saturated heterocycles. The van der Waals surface area contributed by atoms with Gasteiger partial charge in [0.1, 0.15) is 5.75 Å². The van der Waals surface area contributed by atoms with E-state index in [0.717, 1.165) is 35.1 Å². The van der Waals surface area contributed by atoms with Gasteiger partial charge in [0.15, 0.2) is 5.82 Å². The van der Waals surface area contributed by atoms with Crippen LogP contribution in [0.4, 0.5) is 0 Å². The smallest absolute Gasteiger partial charge is 0.163 e. The second-order valence-corrected chi connectivity index (χ2v) is 5.55. The molecule has 0 unspecified atom stereocenters. The zero-order chi connectivity index (χ0) is 14.8. The average Bonchev–Trinajstić information content (AvgIpc) is 3.30. The molecule has 3 rings (SSSR count). The third-order valence-corrected chi connectivity index (χ3v) is 3.91. The number of nitrogens with one attached hydrogen (secondary N) is 1. The molecule has 4 heteroatoms. The summed E-state index contributed by atoms with van der Waals surface area (Å²) in [6.07, 6.45) is 2.58. The Labute approximate surface area is 125 Å². The monoisotopic (exact) mass is 283 g/mol. The Kier molecular flexibility index (Phi) is 3.88. The molecule has 1 aromatic carbocycles. The summed E-state index contributed by atoms with van der Waals surface area (Å²) in [6, 6.07) is 8.56. The minimum Gasteiger partial charge on any atom is -0.496 e. The van der Waals surface area contributed by atoms with E-state index in [4.69, 9.17) is 4.74 Å². The van der Waals surface area contributed by atoms with Crippen LogP contribution < -0.4 is 10.1 Å². The third kappa shape index (κ3) is 3.05. The van der Waals surface area contributed by atoms with Crippen molar-refractivity contribution < 1.29 is 4.74 Å². The largest absolute Gasteiger partial charge is 0.496 e. The van der Waals surface area contributed by atoms with E-state index >= 15 is 0 Å². The molecule has 4 nitrogen and oxygen atoms in total. The van der Waals surface area contributed by atoms with Gasteiger partial charge < -0.3 is 10.1 Å². The number of aromatic nitrogens is 2. The van der Waals surface area contributed by atoms with Crippen LogP contribution in [-0.2, 0) is 6.54 Å². The molecule has 0 aliphatic heterocycles. The normalized spacial score (nSPS) is 14.2. The standard InChI is InChI=1S/C17H21N3O/c1-11-15(10-18-13-8-9-13)12(2)20-17(19-11)14-6-4-5-7-16(14)21-3/h4-7,13,18H,8-10H2,1-3H3. The lowest BCUT2D eigenvalue weighted by atomic mass is 10.1. The first-order valence-electron chi connectivity index (χ1n) is 7.40. The van der Waals surface area contributed by atoms with E-state index in [-0.39, 0.29) is 0 Å². The molecule has 1 heterocycles. The number of methoxy groups -OCH3 is 1. The summed E-state index contributed by atoms with van der Waals surface area (Å²) in [5.74, 6) is 1.54. The van der Waals surface area contributed by atoms with Crippen LogP contribution in [0.5, 0.6) is 5.75 Å². The van der Waals surface area contributed by atoms with Crippen LogP contribution in [0.1, 0.15) is 29.8 Å². The maximum absolute atomic E-state index is 5.40. The average molecular weight is 283 g/mol.